The zero-order chi connectivity index (χ0) is 10.7. The van der Waals surface area contributed by atoms with Gasteiger partial charge in [-0.1, -0.05) is 0 Å². The first-order chi connectivity index (χ1) is 6.56. The highest BCUT2D eigenvalue weighted by Gasteiger charge is 2.10. The minimum atomic E-state index is -1.16. The van der Waals surface area contributed by atoms with E-state index in [1.54, 1.807) is 7.05 Å². The number of hydrogen-bond donors (Lipinski definition) is 3. The number of carboxylic acids is 1. The third kappa shape index (κ3) is 1.87. The van der Waals surface area contributed by atoms with Gasteiger partial charge in [-0.2, -0.15) is 4.39 Å². The number of benzene rings is 1. The molecule has 1 aromatic rings. The molecular weight excluding hydrogens is 187 g/mol. The first kappa shape index (κ1) is 10.2. The number of nitrogens with one attached hydrogen (secondary N) is 2. The Morgan fingerprint density at radius 2 is 2.21 bits per heavy atom. The maximum atomic E-state index is 12.7. The molecule has 3 N–H and O–H groups in total. The highest BCUT2D eigenvalue weighted by Crippen LogP contribution is 2.18. The zero-order valence-electron chi connectivity index (χ0n) is 7.47. The van der Waals surface area contributed by atoms with E-state index in [1.807, 2.05) is 0 Å². The van der Waals surface area contributed by atoms with Crippen molar-refractivity contribution in [3.8, 4) is 0 Å². The number of hydrogen-bond acceptors (Lipinski definition) is 3. The minimum Gasteiger partial charge on any atom is -0.478 e. The zero-order valence-corrected chi connectivity index (χ0v) is 7.47. The van der Waals surface area contributed by atoms with Gasteiger partial charge in [-0.05, 0) is 18.2 Å². The summed E-state index contributed by atoms with van der Waals surface area (Å²) < 4.78 is 12.7. The van der Waals surface area contributed by atoms with Crippen molar-refractivity contribution in [3.05, 3.63) is 29.3 Å². The number of anilines is 1. The lowest BCUT2D eigenvalue weighted by atomic mass is 10.1. The Morgan fingerprint density at radius 3 is 2.64 bits per heavy atom. The molecule has 0 aliphatic carbocycles. The van der Waals surface area contributed by atoms with Crippen LogP contribution < -0.4 is 5.32 Å². The van der Waals surface area contributed by atoms with Crippen molar-refractivity contribution >= 4 is 17.6 Å². The fraction of sp³-hybridized carbons (Fsp3) is 0.111. The van der Waals surface area contributed by atoms with E-state index in [0.717, 1.165) is 6.07 Å². The van der Waals surface area contributed by atoms with Crippen molar-refractivity contribution in [2.45, 2.75) is 0 Å². The Bertz CT molecular complexity index is 390. The van der Waals surface area contributed by atoms with E-state index in [9.17, 15) is 9.18 Å². The maximum absolute atomic E-state index is 12.7. The van der Waals surface area contributed by atoms with Crippen molar-refractivity contribution in [2.24, 2.45) is 0 Å². The Morgan fingerprint density at radius 1 is 1.57 bits per heavy atom. The monoisotopic (exact) mass is 196 g/mol. The molecule has 0 aliphatic heterocycles. The molecule has 14 heavy (non-hydrogen) atoms. The maximum Gasteiger partial charge on any atom is 0.335 e. The van der Waals surface area contributed by atoms with Crippen LogP contribution in [0.4, 0.5) is 10.1 Å². The van der Waals surface area contributed by atoms with Crippen molar-refractivity contribution in [3.63, 3.8) is 0 Å². The Balaban J connectivity index is 3.27. The van der Waals surface area contributed by atoms with Crippen LogP contribution in [0.25, 0.3) is 0 Å². The van der Waals surface area contributed by atoms with Crippen molar-refractivity contribution in [1.29, 1.82) is 5.41 Å². The Hall–Kier alpha value is -1.91. The molecule has 0 radical (unpaired) electrons. The average molecular weight is 196 g/mol. The summed E-state index contributed by atoms with van der Waals surface area (Å²) in [5.74, 6) is -2.30. The second kappa shape index (κ2) is 3.87. The van der Waals surface area contributed by atoms with E-state index in [2.05, 4.69) is 5.32 Å². The van der Waals surface area contributed by atoms with Crippen molar-refractivity contribution in [2.75, 3.05) is 12.4 Å². The molecule has 1 aromatic carbocycles. The van der Waals surface area contributed by atoms with Crippen molar-refractivity contribution < 1.29 is 14.3 Å². The first-order valence-corrected chi connectivity index (χ1v) is 3.85. The lowest BCUT2D eigenvalue weighted by Crippen LogP contribution is -2.03. The molecule has 0 unspecified atom stereocenters. The van der Waals surface area contributed by atoms with E-state index in [-0.39, 0.29) is 11.1 Å². The predicted octanol–water partition coefficient (Wildman–Crippen LogP) is 1.72. The van der Waals surface area contributed by atoms with Gasteiger partial charge in [0, 0.05) is 12.7 Å². The fourth-order valence-electron chi connectivity index (χ4n) is 1.08. The summed E-state index contributed by atoms with van der Waals surface area (Å²) in [5, 5.41) is 18.1. The van der Waals surface area contributed by atoms with Crippen LogP contribution in [0.2, 0.25) is 0 Å². The molecule has 0 aromatic heterocycles. The third-order valence-electron chi connectivity index (χ3n) is 1.77. The van der Waals surface area contributed by atoms with Crippen LogP contribution in [0.5, 0.6) is 0 Å². The molecule has 0 atom stereocenters. The van der Waals surface area contributed by atoms with Gasteiger partial charge in [-0.3, -0.25) is 5.41 Å². The molecule has 0 saturated carbocycles. The summed E-state index contributed by atoms with van der Waals surface area (Å²) in [7, 11) is 1.57. The summed E-state index contributed by atoms with van der Waals surface area (Å²) >= 11 is 0. The number of carbonyl (C=O) groups is 1. The van der Waals surface area contributed by atoms with Gasteiger partial charge in [-0.25, -0.2) is 4.79 Å². The number of halogens is 1. The van der Waals surface area contributed by atoms with Gasteiger partial charge in [0.05, 0.1) is 11.1 Å². The normalized spacial score (nSPS) is 9.57. The van der Waals surface area contributed by atoms with Gasteiger partial charge in [0.15, 0.2) is 0 Å². The topological polar surface area (TPSA) is 73.2 Å². The quantitative estimate of drug-likeness (QED) is 0.644. The summed E-state index contributed by atoms with van der Waals surface area (Å²) in [6, 6.07) is 3.89. The van der Waals surface area contributed by atoms with Gasteiger partial charge in [0.1, 0.15) is 0 Å². The molecule has 5 heteroatoms. The molecule has 0 heterocycles. The second-order valence-electron chi connectivity index (χ2n) is 2.63. The van der Waals surface area contributed by atoms with Crippen molar-refractivity contribution in [1.82, 2.24) is 0 Å². The Kier molecular flexibility index (Phi) is 2.81. The summed E-state index contributed by atoms with van der Waals surface area (Å²) in [6.45, 7) is 0. The van der Waals surface area contributed by atoms with Crippen LogP contribution in [0.3, 0.4) is 0 Å². The van der Waals surface area contributed by atoms with Crippen LogP contribution in [0.15, 0.2) is 18.2 Å². The van der Waals surface area contributed by atoms with E-state index in [4.69, 9.17) is 10.5 Å². The van der Waals surface area contributed by atoms with Crippen LogP contribution >= 0.6 is 0 Å². The van der Waals surface area contributed by atoms with Crippen LogP contribution in [-0.4, -0.2) is 24.1 Å². The average Bonchev–Trinajstić information content (AvgIpc) is 2.16. The molecule has 4 nitrogen and oxygen atoms in total. The summed E-state index contributed by atoms with van der Waals surface area (Å²) in [6.07, 6.45) is 0. The van der Waals surface area contributed by atoms with E-state index < -0.39 is 11.9 Å². The molecule has 0 fully saturated rings. The van der Waals surface area contributed by atoms with Gasteiger partial charge < -0.3 is 10.4 Å². The number of aromatic carboxylic acids is 1. The molecule has 74 valence electrons. The molecular formula is C9H9FN2O2. The largest absolute Gasteiger partial charge is 0.478 e. The number of carboxylic acid groups (broad SMARTS) is 1. The Labute approximate surface area is 79.9 Å². The number of rotatable bonds is 3. The highest BCUT2D eigenvalue weighted by atomic mass is 19.1. The van der Waals surface area contributed by atoms with E-state index >= 15 is 0 Å². The molecule has 0 spiro atoms. The molecule has 0 bridgehead atoms. The summed E-state index contributed by atoms with van der Waals surface area (Å²) in [4.78, 5) is 10.6. The lowest BCUT2D eigenvalue weighted by Gasteiger charge is -2.06. The molecule has 1 rings (SSSR count). The van der Waals surface area contributed by atoms with Gasteiger partial charge >= 0.3 is 5.97 Å². The highest BCUT2D eigenvalue weighted by molar-refractivity contribution is 5.99. The van der Waals surface area contributed by atoms with Crippen LogP contribution in [0.1, 0.15) is 15.9 Å². The van der Waals surface area contributed by atoms with Gasteiger partial charge in [0.2, 0.25) is 5.97 Å². The lowest BCUT2D eigenvalue weighted by molar-refractivity contribution is 0.0697. The molecule has 0 saturated heterocycles. The smallest absolute Gasteiger partial charge is 0.335 e. The molecule has 0 aliphatic rings. The first-order valence-electron chi connectivity index (χ1n) is 3.85. The fourth-order valence-corrected chi connectivity index (χ4v) is 1.08. The third-order valence-corrected chi connectivity index (χ3v) is 1.77. The molecule has 0 amide bonds. The SMILES string of the molecule is CNc1ccc(C(=O)O)cc1C(=N)F. The van der Waals surface area contributed by atoms with Crippen LogP contribution in [0, 0.1) is 5.41 Å². The standard InChI is InChI=1S/C9H9FN2O2/c1-12-7-3-2-5(9(13)14)4-6(7)8(10)11/h2-4,11-12H,1H3,(H,13,14). The predicted molar refractivity (Wildman–Crippen MR) is 50.9 cm³/mol. The summed E-state index contributed by atoms with van der Waals surface area (Å²) in [5.41, 5.74) is 0.302. The minimum absolute atomic E-state index is 0.0404. The second-order valence-corrected chi connectivity index (χ2v) is 2.63. The van der Waals surface area contributed by atoms with Gasteiger partial charge in [0.25, 0.3) is 0 Å². The van der Waals surface area contributed by atoms with E-state index in [0.29, 0.717) is 5.69 Å². The van der Waals surface area contributed by atoms with Gasteiger partial charge in [-0.15, -0.1) is 0 Å². The van der Waals surface area contributed by atoms with E-state index in [1.165, 1.54) is 12.1 Å². The van der Waals surface area contributed by atoms with Crippen LogP contribution in [-0.2, 0) is 0 Å².